The first-order chi connectivity index (χ1) is 6.70. The van der Waals surface area contributed by atoms with Gasteiger partial charge in [0.2, 0.25) is 0 Å². The molecule has 0 aliphatic carbocycles. The molecule has 4 heteroatoms. The molecule has 0 saturated carbocycles. The summed E-state index contributed by atoms with van der Waals surface area (Å²) in [5.74, 6) is 1.62. The summed E-state index contributed by atoms with van der Waals surface area (Å²) in [4.78, 5) is 0. The van der Waals surface area contributed by atoms with E-state index in [0.29, 0.717) is 6.54 Å². The van der Waals surface area contributed by atoms with Gasteiger partial charge in [-0.2, -0.15) is 5.10 Å². The van der Waals surface area contributed by atoms with Gasteiger partial charge in [-0.15, -0.1) is 0 Å². The number of furan rings is 1. The highest BCUT2D eigenvalue weighted by atomic mass is 16.3. The smallest absolute Gasteiger partial charge is 0.137 e. The summed E-state index contributed by atoms with van der Waals surface area (Å²) in [5, 5.41) is 4.25. The van der Waals surface area contributed by atoms with Crippen molar-refractivity contribution in [2.24, 2.45) is 12.8 Å². The normalized spacial score (nSPS) is 10.8. The van der Waals surface area contributed by atoms with Gasteiger partial charge in [0.15, 0.2) is 0 Å². The summed E-state index contributed by atoms with van der Waals surface area (Å²) in [6, 6.07) is 3.81. The van der Waals surface area contributed by atoms with Gasteiger partial charge in [-0.1, -0.05) is 0 Å². The average Bonchev–Trinajstić information content (AvgIpc) is 2.71. The maximum absolute atomic E-state index is 5.53. The molecule has 2 N–H and O–H groups in total. The molecular formula is C10H13N3O. The Morgan fingerprint density at radius 1 is 1.50 bits per heavy atom. The fraction of sp³-hybridized carbons (Fsp3) is 0.300. The van der Waals surface area contributed by atoms with Crippen LogP contribution in [0.15, 0.2) is 22.7 Å². The summed E-state index contributed by atoms with van der Waals surface area (Å²) in [5.41, 5.74) is 7.45. The molecule has 2 rings (SSSR count). The van der Waals surface area contributed by atoms with Gasteiger partial charge in [0.1, 0.15) is 11.5 Å². The summed E-state index contributed by atoms with van der Waals surface area (Å²) >= 11 is 0. The molecule has 74 valence electrons. The SMILES string of the molecule is Cc1nn(C)cc1-c1ccc(CN)o1. The topological polar surface area (TPSA) is 57.0 Å². The van der Waals surface area contributed by atoms with Gasteiger partial charge in [-0.05, 0) is 19.1 Å². The summed E-state index contributed by atoms with van der Waals surface area (Å²) in [7, 11) is 1.89. The van der Waals surface area contributed by atoms with E-state index in [1.807, 2.05) is 32.3 Å². The predicted molar refractivity (Wildman–Crippen MR) is 53.5 cm³/mol. The van der Waals surface area contributed by atoms with Crippen LogP contribution in [0.5, 0.6) is 0 Å². The average molecular weight is 191 g/mol. The monoisotopic (exact) mass is 191 g/mol. The first kappa shape index (κ1) is 9.02. The van der Waals surface area contributed by atoms with E-state index in [4.69, 9.17) is 10.2 Å². The molecule has 2 aromatic rings. The molecule has 0 aliphatic rings. The highest BCUT2D eigenvalue weighted by Gasteiger charge is 2.09. The minimum absolute atomic E-state index is 0.430. The van der Waals surface area contributed by atoms with Crippen LogP contribution in [0.4, 0.5) is 0 Å². The minimum atomic E-state index is 0.430. The van der Waals surface area contributed by atoms with Crippen molar-refractivity contribution < 1.29 is 4.42 Å². The molecule has 0 aromatic carbocycles. The first-order valence-electron chi connectivity index (χ1n) is 4.50. The number of aryl methyl sites for hydroxylation is 2. The van der Waals surface area contributed by atoms with Crippen LogP contribution in [0.2, 0.25) is 0 Å². The van der Waals surface area contributed by atoms with E-state index in [1.54, 1.807) is 4.68 Å². The Balaban J connectivity index is 2.43. The third kappa shape index (κ3) is 1.44. The third-order valence-electron chi connectivity index (χ3n) is 2.14. The van der Waals surface area contributed by atoms with E-state index >= 15 is 0 Å². The lowest BCUT2D eigenvalue weighted by Gasteiger charge is -1.92. The number of hydrogen-bond acceptors (Lipinski definition) is 3. The molecule has 0 aliphatic heterocycles. The highest BCUT2D eigenvalue weighted by molar-refractivity contribution is 5.59. The molecule has 2 aromatic heterocycles. The van der Waals surface area contributed by atoms with Gasteiger partial charge in [0.05, 0.1) is 17.8 Å². The van der Waals surface area contributed by atoms with Crippen LogP contribution in [-0.2, 0) is 13.6 Å². The van der Waals surface area contributed by atoms with E-state index in [2.05, 4.69) is 5.10 Å². The van der Waals surface area contributed by atoms with Crippen molar-refractivity contribution in [2.45, 2.75) is 13.5 Å². The zero-order valence-electron chi connectivity index (χ0n) is 8.32. The summed E-state index contributed by atoms with van der Waals surface area (Å²) in [6.45, 7) is 2.39. The number of rotatable bonds is 2. The maximum atomic E-state index is 5.53. The van der Waals surface area contributed by atoms with Crippen LogP contribution >= 0.6 is 0 Å². The van der Waals surface area contributed by atoms with Crippen molar-refractivity contribution in [3.63, 3.8) is 0 Å². The van der Waals surface area contributed by atoms with Crippen molar-refractivity contribution in [3.8, 4) is 11.3 Å². The molecule has 0 saturated heterocycles. The van der Waals surface area contributed by atoms with Crippen LogP contribution in [0.1, 0.15) is 11.5 Å². The van der Waals surface area contributed by atoms with Gasteiger partial charge in [0, 0.05) is 13.2 Å². The number of aromatic nitrogens is 2. The highest BCUT2D eigenvalue weighted by Crippen LogP contribution is 2.24. The van der Waals surface area contributed by atoms with E-state index in [9.17, 15) is 0 Å². The number of nitrogens with two attached hydrogens (primary N) is 1. The summed E-state index contributed by atoms with van der Waals surface area (Å²) < 4.78 is 7.31. The van der Waals surface area contributed by atoms with Gasteiger partial charge >= 0.3 is 0 Å². The van der Waals surface area contributed by atoms with Crippen molar-refractivity contribution in [1.82, 2.24) is 9.78 Å². The second kappa shape index (κ2) is 3.31. The largest absolute Gasteiger partial charge is 0.460 e. The molecule has 0 atom stereocenters. The van der Waals surface area contributed by atoms with Crippen LogP contribution in [0.25, 0.3) is 11.3 Å². The lowest BCUT2D eigenvalue weighted by Crippen LogP contribution is -1.92. The van der Waals surface area contributed by atoms with Crippen LogP contribution < -0.4 is 5.73 Å². The Hall–Kier alpha value is -1.55. The van der Waals surface area contributed by atoms with E-state index in [1.165, 1.54) is 0 Å². The van der Waals surface area contributed by atoms with E-state index in [-0.39, 0.29) is 0 Å². The maximum Gasteiger partial charge on any atom is 0.137 e. The quantitative estimate of drug-likeness (QED) is 0.781. The van der Waals surface area contributed by atoms with Gasteiger partial charge < -0.3 is 10.2 Å². The molecule has 0 bridgehead atoms. The standard InChI is InChI=1S/C10H13N3O/c1-7-9(6-13(2)12-7)10-4-3-8(5-11)14-10/h3-4,6H,5,11H2,1-2H3. The van der Waals surface area contributed by atoms with Gasteiger partial charge in [0.25, 0.3) is 0 Å². The second-order valence-corrected chi connectivity index (χ2v) is 3.27. The molecule has 4 nitrogen and oxygen atoms in total. The Bertz CT molecular complexity index is 442. The predicted octanol–water partition coefficient (Wildman–Crippen LogP) is 1.45. The molecule has 0 spiro atoms. The van der Waals surface area contributed by atoms with E-state index in [0.717, 1.165) is 22.8 Å². The number of hydrogen-bond donors (Lipinski definition) is 1. The Morgan fingerprint density at radius 2 is 2.29 bits per heavy atom. The van der Waals surface area contributed by atoms with Gasteiger partial charge in [-0.25, -0.2) is 0 Å². The minimum Gasteiger partial charge on any atom is -0.460 e. The molecular weight excluding hydrogens is 178 g/mol. The molecule has 0 radical (unpaired) electrons. The van der Waals surface area contributed by atoms with Crippen molar-refractivity contribution in [3.05, 3.63) is 29.8 Å². The van der Waals surface area contributed by atoms with Crippen LogP contribution in [0, 0.1) is 6.92 Å². The lowest BCUT2D eigenvalue weighted by molar-refractivity contribution is 0.525. The second-order valence-electron chi connectivity index (χ2n) is 3.27. The third-order valence-corrected chi connectivity index (χ3v) is 2.14. The van der Waals surface area contributed by atoms with Crippen molar-refractivity contribution >= 4 is 0 Å². The van der Waals surface area contributed by atoms with Crippen LogP contribution in [-0.4, -0.2) is 9.78 Å². The molecule has 0 amide bonds. The fourth-order valence-corrected chi connectivity index (χ4v) is 1.47. The zero-order chi connectivity index (χ0) is 10.1. The fourth-order valence-electron chi connectivity index (χ4n) is 1.47. The zero-order valence-corrected chi connectivity index (χ0v) is 8.32. The Morgan fingerprint density at radius 3 is 2.79 bits per heavy atom. The molecule has 2 heterocycles. The first-order valence-corrected chi connectivity index (χ1v) is 4.50. The molecule has 14 heavy (non-hydrogen) atoms. The van der Waals surface area contributed by atoms with Gasteiger partial charge in [-0.3, -0.25) is 4.68 Å². The Labute approximate surface area is 82.3 Å². The molecule has 0 unspecified atom stereocenters. The Kier molecular flexibility index (Phi) is 2.13. The number of nitrogens with zero attached hydrogens (tertiary/aromatic N) is 2. The van der Waals surface area contributed by atoms with Crippen molar-refractivity contribution in [2.75, 3.05) is 0 Å². The lowest BCUT2D eigenvalue weighted by atomic mass is 10.2. The molecule has 0 fully saturated rings. The van der Waals surface area contributed by atoms with Crippen molar-refractivity contribution in [1.29, 1.82) is 0 Å². The van der Waals surface area contributed by atoms with E-state index < -0.39 is 0 Å². The van der Waals surface area contributed by atoms with Crippen LogP contribution in [0.3, 0.4) is 0 Å². The summed E-state index contributed by atoms with van der Waals surface area (Å²) in [6.07, 6.45) is 1.94.